The van der Waals surface area contributed by atoms with Gasteiger partial charge in [-0.1, -0.05) is 12.1 Å². The van der Waals surface area contributed by atoms with E-state index in [2.05, 4.69) is 9.97 Å². The average Bonchev–Trinajstić information content (AvgIpc) is 3.00. The molecule has 3 aromatic rings. The van der Waals surface area contributed by atoms with Crippen LogP contribution in [0.5, 0.6) is 0 Å². The summed E-state index contributed by atoms with van der Waals surface area (Å²) < 4.78 is 1.69. The number of carbonyl (C=O) groups is 1. The number of benzene rings is 1. The molecule has 1 fully saturated rings. The van der Waals surface area contributed by atoms with Gasteiger partial charge in [0.1, 0.15) is 4.88 Å². The van der Waals surface area contributed by atoms with Crippen molar-refractivity contribution in [1.29, 1.82) is 0 Å². The number of likely N-dealkylation sites (tertiary alicyclic amines) is 1. The van der Waals surface area contributed by atoms with E-state index in [4.69, 9.17) is 0 Å². The van der Waals surface area contributed by atoms with Crippen LogP contribution in [0.1, 0.15) is 39.3 Å². The second-order valence-electron chi connectivity index (χ2n) is 6.67. The van der Waals surface area contributed by atoms with Crippen LogP contribution >= 0.6 is 11.3 Å². The molecule has 2 aromatic heterocycles. The number of nitrogens with zero attached hydrogens (tertiary/aromatic N) is 4. The second-order valence-corrected chi connectivity index (χ2v) is 7.87. The smallest absolute Gasteiger partial charge is 0.265 e. The number of para-hydroxylation sites is 1. The SMILES string of the molecule is Cc1nc(C)c(C(=O)N2CCC[C@H](n3cnc4ccccc4c3=O)C2)s1. The van der Waals surface area contributed by atoms with Crippen LogP contribution in [0.15, 0.2) is 35.4 Å². The first-order valence-electron chi connectivity index (χ1n) is 8.74. The Balaban J connectivity index is 1.63. The Labute approximate surface area is 155 Å². The van der Waals surface area contributed by atoms with Crippen LogP contribution in [0.25, 0.3) is 10.9 Å². The van der Waals surface area contributed by atoms with Crippen molar-refractivity contribution in [2.45, 2.75) is 32.7 Å². The van der Waals surface area contributed by atoms with Crippen molar-refractivity contribution in [3.05, 3.63) is 56.5 Å². The maximum atomic E-state index is 12.9. The molecule has 0 spiro atoms. The fourth-order valence-electron chi connectivity index (χ4n) is 3.58. The van der Waals surface area contributed by atoms with Crippen molar-refractivity contribution in [2.75, 3.05) is 13.1 Å². The zero-order chi connectivity index (χ0) is 18.3. The number of hydrogen-bond acceptors (Lipinski definition) is 5. The third kappa shape index (κ3) is 2.92. The highest BCUT2D eigenvalue weighted by Gasteiger charge is 2.28. The molecule has 0 N–H and O–H groups in total. The summed E-state index contributed by atoms with van der Waals surface area (Å²) in [6.07, 6.45) is 3.35. The third-order valence-electron chi connectivity index (χ3n) is 4.87. The van der Waals surface area contributed by atoms with E-state index >= 15 is 0 Å². The van der Waals surface area contributed by atoms with Crippen molar-refractivity contribution >= 4 is 28.1 Å². The van der Waals surface area contributed by atoms with Gasteiger partial charge in [-0.3, -0.25) is 14.2 Å². The van der Waals surface area contributed by atoms with Gasteiger partial charge < -0.3 is 4.90 Å². The molecule has 1 atom stereocenters. The van der Waals surface area contributed by atoms with Crippen molar-refractivity contribution in [3.63, 3.8) is 0 Å². The Morgan fingerprint density at radius 1 is 1.27 bits per heavy atom. The molecule has 7 heteroatoms. The first-order valence-corrected chi connectivity index (χ1v) is 9.55. The zero-order valence-electron chi connectivity index (χ0n) is 14.8. The molecule has 26 heavy (non-hydrogen) atoms. The quantitative estimate of drug-likeness (QED) is 0.697. The summed E-state index contributed by atoms with van der Waals surface area (Å²) in [5.41, 5.74) is 1.44. The van der Waals surface area contributed by atoms with E-state index in [1.54, 1.807) is 17.0 Å². The van der Waals surface area contributed by atoms with Gasteiger partial charge in [-0.15, -0.1) is 11.3 Å². The molecule has 6 nitrogen and oxygen atoms in total. The van der Waals surface area contributed by atoms with Crippen LogP contribution in [0.3, 0.4) is 0 Å². The molecule has 1 aromatic carbocycles. The number of fused-ring (bicyclic) bond motifs is 1. The lowest BCUT2D eigenvalue weighted by molar-refractivity contribution is 0.0681. The van der Waals surface area contributed by atoms with Crippen LogP contribution in [0.2, 0.25) is 0 Å². The molecular formula is C19H20N4O2S. The van der Waals surface area contributed by atoms with Gasteiger partial charge in [0.25, 0.3) is 11.5 Å². The van der Waals surface area contributed by atoms with Gasteiger partial charge in [-0.2, -0.15) is 0 Å². The molecule has 0 radical (unpaired) electrons. The molecule has 0 saturated carbocycles. The molecule has 0 aliphatic carbocycles. The van der Waals surface area contributed by atoms with Crippen LogP contribution in [-0.2, 0) is 0 Å². The summed E-state index contributed by atoms with van der Waals surface area (Å²) in [6.45, 7) is 5.01. The number of aryl methyl sites for hydroxylation is 2. The van der Waals surface area contributed by atoms with Crippen LogP contribution in [-0.4, -0.2) is 38.4 Å². The molecule has 1 aliphatic heterocycles. The maximum absolute atomic E-state index is 12.9. The van der Waals surface area contributed by atoms with Crippen molar-refractivity contribution in [1.82, 2.24) is 19.4 Å². The Morgan fingerprint density at radius 2 is 2.08 bits per heavy atom. The molecule has 1 aliphatic rings. The summed E-state index contributed by atoms with van der Waals surface area (Å²) in [6, 6.07) is 7.32. The molecule has 1 saturated heterocycles. The fourth-order valence-corrected chi connectivity index (χ4v) is 4.47. The topological polar surface area (TPSA) is 68.1 Å². The predicted octanol–water partition coefficient (Wildman–Crippen LogP) is 2.95. The van der Waals surface area contributed by atoms with Gasteiger partial charge in [0.15, 0.2) is 0 Å². The monoisotopic (exact) mass is 368 g/mol. The summed E-state index contributed by atoms with van der Waals surface area (Å²) in [4.78, 5) is 37.1. The third-order valence-corrected chi connectivity index (χ3v) is 5.93. The van der Waals surface area contributed by atoms with Crippen molar-refractivity contribution < 1.29 is 4.79 Å². The van der Waals surface area contributed by atoms with E-state index in [0.29, 0.717) is 28.9 Å². The molecule has 3 heterocycles. The standard InChI is InChI=1S/C19H20N4O2S/c1-12-17(26-13(2)21-12)19(25)22-9-5-6-14(10-22)23-11-20-16-8-4-3-7-15(16)18(23)24/h3-4,7-8,11,14H,5-6,9-10H2,1-2H3/t14-/m0/s1. The predicted molar refractivity (Wildman–Crippen MR) is 102 cm³/mol. The van der Waals surface area contributed by atoms with E-state index < -0.39 is 0 Å². The van der Waals surface area contributed by atoms with Crippen molar-refractivity contribution in [2.24, 2.45) is 0 Å². The van der Waals surface area contributed by atoms with Gasteiger partial charge in [-0.25, -0.2) is 9.97 Å². The molecular weight excluding hydrogens is 348 g/mol. The van der Waals surface area contributed by atoms with Gasteiger partial charge >= 0.3 is 0 Å². The Morgan fingerprint density at radius 3 is 2.85 bits per heavy atom. The van der Waals surface area contributed by atoms with E-state index in [-0.39, 0.29) is 17.5 Å². The number of rotatable bonds is 2. The summed E-state index contributed by atoms with van der Waals surface area (Å²) in [7, 11) is 0. The molecule has 0 bridgehead atoms. The lowest BCUT2D eigenvalue weighted by Crippen LogP contribution is -2.42. The number of hydrogen-bond donors (Lipinski definition) is 0. The summed E-state index contributed by atoms with van der Waals surface area (Å²) in [5, 5.41) is 1.52. The van der Waals surface area contributed by atoms with Crippen LogP contribution in [0.4, 0.5) is 0 Å². The summed E-state index contributed by atoms with van der Waals surface area (Å²) >= 11 is 1.43. The number of thiazole rings is 1. The number of amides is 1. The summed E-state index contributed by atoms with van der Waals surface area (Å²) in [5.74, 6) is 0.0135. The van der Waals surface area contributed by atoms with E-state index in [9.17, 15) is 9.59 Å². The highest BCUT2D eigenvalue weighted by atomic mass is 32.1. The normalized spacial score (nSPS) is 17.6. The van der Waals surface area contributed by atoms with Gasteiger partial charge in [-0.05, 0) is 38.8 Å². The van der Waals surface area contributed by atoms with Crippen LogP contribution in [0, 0.1) is 13.8 Å². The average molecular weight is 368 g/mol. The number of carbonyl (C=O) groups excluding carboxylic acids is 1. The zero-order valence-corrected chi connectivity index (χ0v) is 15.6. The minimum absolute atomic E-state index is 0.0135. The maximum Gasteiger partial charge on any atom is 0.265 e. The van der Waals surface area contributed by atoms with E-state index in [0.717, 1.165) is 23.5 Å². The first-order chi connectivity index (χ1) is 12.5. The highest BCUT2D eigenvalue weighted by molar-refractivity contribution is 7.13. The molecule has 4 rings (SSSR count). The minimum Gasteiger partial charge on any atom is -0.336 e. The molecule has 134 valence electrons. The largest absolute Gasteiger partial charge is 0.336 e. The fraction of sp³-hybridized carbons (Fsp3) is 0.368. The number of piperidine rings is 1. The highest BCUT2D eigenvalue weighted by Crippen LogP contribution is 2.25. The Kier molecular flexibility index (Phi) is 4.32. The number of aromatic nitrogens is 3. The lowest BCUT2D eigenvalue weighted by Gasteiger charge is -2.33. The second kappa shape index (κ2) is 6.64. The van der Waals surface area contributed by atoms with Gasteiger partial charge in [0, 0.05) is 13.1 Å². The van der Waals surface area contributed by atoms with Gasteiger partial charge in [0.2, 0.25) is 0 Å². The van der Waals surface area contributed by atoms with E-state index in [1.165, 1.54) is 11.3 Å². The first kappa shape index (κ1) is 16.9. The van der Waals surface area contributed by atoms with Crippen LogP contribution < -0.4 is 5.56 Å². The van der Waals surface area contributed by atoms with E-state index in [1.807, 2.05) is 36.9 Å². The molecule has 0 unspecified atom stereocenters. The van der Waals surface area contributed by atoms with Crippen molar-refractivity contribution in [3.8, 4) is 0 Å². The van der Waals surface area contributed by atoms with Gasteiger partial charge in [0.05, 0.1) is 34.0 Å². The Hall–Kier alpha value is -2.54. The molecule has 1 amide bonds. The minimum atomic E-state index is -0.0494. The Bertz CT molecular complexity index is 1040. The lowest BCUT2D eigenvalue weighted by atomic mass is 10.0.